The molecule has 1 saturated heterocycles. The van der Waals surface area contributed by atoms with Crippen LogP contribution in [-0.4, -0.2) is 47.8 Å². The molecule has 6 nitrogen and oxygen atoms in total. The highest BCUT2D eigenvalue weighted by Crippen LogP contribution is 2.22. The molecule has 0 N–H and O–H groups in total. The van der Waals surface area contributed by atoms with Gasteiger partial charge in [-0.25, -0.2) is 13.1 Å². The number of morpholine rings is 1. The van der Waals surface area contributed by atoms with Crippen molar-refractivity contribution in [3.63, 3.8) is 0 Å². The van der Waals surface area contributed by atoms with Crippen LogP contribution in [0.4, 0.5) is 0 Å². The van der Waals surface area contributed by atoms with E-state index in [9.17, 15) is 8.42 Å². The predicted octanol–water partition coefficient (Wildman–Crippen LogP) is 1.67. The summed E-state index contributed by atoms with van der Waals surface area (Å²) in [6, 6.07) is 9.25. The molecule has 0 amide bonds. The van der Waals surface area contributed by atoms with Crippen molar-refractivity contribution in [2.75, 3.05) is 13.2 Å². The van der Waals surface area contributed by atoms with Crippen LogP contribution in [0.25, 0.3) is 5.69 Å². The van der Waals surface area contributed by atoms with Crippen molar-refractivity contribution >= 4 is 10.0 Å². The van der Waals surface area contributed by atoms with Crippen LogP contribution in [0.2, 0.25) is 0 Å². The average Bonchev–Trinajstić information content (AvgIpc) is 3.01. The van der Waals surface area contributed by atoms with Crippen LogP contribution < -0.4 is 0 Å². The van der Waals surface area contributed by atoms with Gasteiger partial charge < -0.3 is 4.74 Å². The number of hydrogen-bond acceptors (Lipinski definition) is 4. The highest BCUT2D eigenvalue weighted by Gasteiger charge is 2.34. The van der Waals surface area contributed by atoms with Crippen LogP contribution in [0.5, 0.6) is 0 Å². The largest absolute Gasteiger partial charge is 0.375 e. The quantitative estimate of drug-likeness (QED) is 0.862. The van der Waals surface area contributed by atoms with Gasteiger partial charge in [0.15, 0.2) is 0 Å². The predicted molar refractivity (Wildman–Crippen MR) is 82.3 cm³/mol. The summed E-state index contributed by atoms with van der Waals surface area (Å²) in [5, 5.41) is 4.17. The summed E-state index contributed by atoms with van der Waals surface area (Å²) in [6.45, 7) is 4.50. The number of para-hydroxylation sites is 1. The van der Waals surface area contributed by atoms with Crippen LogP contribution >= 0.6 is 0 Å². The maximum absolute atomic E-state index is 12.8. The van der Waals surface area contributed by atoms with Crippen LogP contribution in [0.3, 0.4) is 0 Å². The fourth-order valence-corrected chi connectivity index (χ4v) is 4.13. The van der Waals surface area contributed by atoms with E-state index in [-0.39, 0.29) is 17.0 Å². The van der Waals surface area contributed by atoms with Crippen LogP contribution in [0, 0.1) is 0 Å². The van der Waals surface area contributed by atoms with Crippen molar-refractivity contribution in [3.05, 3.63) is 42.7 Å². The molecule has 0 unspecified atom stereocenters. The zero-order valence-corrected chi connectivity index (χ0v) is 13.4. The van der Waals surface area contributed by atoms with Crippen molar-refractivity contribution in [3.8, 4) is 5.69 Å². The minimum atomic E-state index is -3.56. The number of rotatable bonds is 3. The number of benzene rings is 1. The molecule has 22 heavy (non-hydrogen) atoms. The van der Waals surface area contributed by atoms with Crippen LogP contribution in [-0.2, 0) is 14.8 Å². The van der Waals surface area contributed by atoms with Crippen molar-refractivity contribution in [1.82, 2.24) is 14.1 Å². The smallest absolute Gasteiger partial charge is 0.246 e. The Morgan fingerprint density at radius 1 is 1.23 bits per heavy atom. The van der Waals surface area contributed by atoms with E-state index in [1.54, 1.807) is 10.9 Å². The lowest BCUT2D eigenvalue weighted by Gasteiger charge is -2.35. The molecule has 3 rings (SSSR count). The standard InChI is InChI=1S/C15H19N3O3S/c1-12-11-21-13(2)9-18(12)22(19,20)15-8-16-17(10-15)14-6-4-3-5-7-14/h3-8,10,12-13H,9,11H2,1-2H3/t12-,13+/m0/s1. The van der Waals surface area contributed by atoms with Crippen molar-refractivity contribution in [2.45, 2.75) is 30.9 Å². The highest BCUT2D eigenvalue weighted by molar-refractivity contribution is 7.89. The van der Waals surface area contributed by atoms with E-state index in [0.29, 0.717) is 13.2 Å². The van der Waals surface area contributed by atoms with Gasteiger partial charge in [0.1, 0.15) is 4.90 Å². The fourth-order valence-electron chi connectivity index (χ4n) is 2.50. The van der Waals surface area contributed by atoms with Gasteiger partial charge in [-0.3, -0.25) is 0 Å². The number of aromatic nitrogens is 2. The molecule has 7 heteroatoms. The lowest BCUT2D eigenvalue weighted by Crippen LogP contribution is -2.49. The van der Waals surface area contributed by atoms with E-state index in [4.69, 9.17) is 4.74 Å². The van der Waals surface area contributed by atoms with E-state index >= 15 is 0 Å². The molecule has 2 aromatic rings. The van der Waals surface area contributed by atoms with Gasteiger partial charge in [-0.15, -0.1) is 0 Å². The first kappa shape index (κ1) is 15.2. The van der Waals surface area contributed by atoms with Crippen LogP contribution in [0.1, 0.15) is 13.8 Å². The molecule has 1 aliphatic heterocycles. The number of nitrogens with zero attached hydrogens (tertiary/aromatic N) is 3. The molecule has 118 valence electrons. The summed E-state index contributed by atoms with van der Waals surface area (Å²) in [7, 11) is -3.56. The monoisotopic (exact) mass is 321 g/mol. The van der Waals surface area contributed by atoms with E-state index in [1.165, 1.54) is 10.5 Å². The minimum Gasteiger partial charge on any atom is -0.375 e. The van der Waals surface area contributed by atoms with E-state index in [0.717, 1.165) is 5.69 Å². The normalized spacial score (nSPS) is 23.5. The summed E-state index contributed by atoms with van der Waals surface area (Å²) in [5.41, 5.74) is 0.826. The fraction of sp³-hybridized carbons (Fsp3) is 0.400. The third-order valence-electron chi connectivity index (χ3n) is 3.74. The van der Waals surface area contributed by atoms with Crippen LogP contribution in [0.15, 0.2) is 47.6 Å². The van der Waals surface area contributed by atoms with Crippen molar-refractivity contribution in [2.24, 2.45) is 0 Å². The van der Waals surface area contributed by atoms with Gasteiger partial charge in [0.2, 0.25) is 10.0 Å². The van der Waals surface area contributed by atoms with Gasteiger partial charge in [0, 0.05) is 12.6 Å². The molecule has 1 aliphatic rings. The average molecular weight is 321 g/mol. The second-order valence-corrected chi connectivity index (χ2v) is 7.41. The van der Waals surface area contributed by atoms with E-state index in [2.05, 4.69) is 5.10 Å². The van der Waals surface area contributed by atoms with Gasteiger partial charge in [0.05, 0.1) is 30.8 Å². The Hall–Kier alpha value is -1.70. The maximum Gasteiger partial charge on any atom is 0.246 e. The Balaban J connectivity index is 1.91. The topological polar surface area (TPSA) is 64.4 Å². The van der Waals surface area contributed by atoms with Gasteiger partial charge in [-0.2, -0.15) is 9.40 Å². The van der Waals surface area contributed by atoms with E-state index < -0.39 is 10.0 Å². The molecule has 0 bridgehead atoms. The second-order valence-electron chi connectivity index (χ2n) is 5.52. The molecule has 0 radical (unpaired) electrons. The molecule has 2 atom stereocenters. The van der Waals surface area contributed by atoms with Crippen molar-refractivity contribution < 1.29 is 13.2 Å². The molecular formula is C15H19N3O3S. The molecule has 1 fully saturated rings. The number of sulfonamides is 1. The third kappa shape index (κ3) is 2.79. The van der Waals surface area contributed by atoms with Gasteiger partial charge >= 0.3 is 0 Å². The van der Waals surface area contributed by atoms with Gasteiger partial charge in [0.25, 0.3) is 0 Å². The van der Waals surface area contributed by atoms with Crippen molar-refractivity contribution in [1.29, 1.82) is 0 Å². The second kappa shape index (κ2) is 5.83. The molecule has 2 heterocycles. The molecule has 0 aliphatic carbocycles. The SMILES string of the molecule is C[C@@H]1CN(S(=O)(=O)c2cnn(-c3ccccc3)c2)[C@@H](C)CO1. The summed E-state index contributed by atoms with van der Waals surface area (Å²) in [4.78, 5) is 0.206. The lowest BCUT2D eigenvalue weighted by molar-refractivity contribution is -0.0170. The third-order valence-corrected chi connectivity index (χ3v) is 5.67. The van der Waals surface area contributed by atoms with Gasteiger partial charge in [-0.05, 0) is 26.0 Å². The summed E-state index contributed by atoms with van der Waals surface area (Å²) >= 11 is 0. The summed E-state index contributed by atoms with van der Waals surface area (Å²) in [6.07, 6.45) is 2.85. The number of hydrogen-bond donors (Lipinski definition) is 0. The Labute approximate surface area is 130 Å². The first-order valence-electron chi connectivity index (χ1n) is 7.22. The molecule has 1 aromatic carbocycles. The van der Waals surface area contributed by atoms with E-state index in [1.807, 2.05) is 44.2 Å². The Kier molecular flexibility index (Phi) is 4.03. The maximum atomic E-state index is 12.8. The molecule has 0 spiro atoms. The molecule has 0 saturated carbocycles. The first-order valence-corrected chi connectivity index (χ1v) is 8.66. The molecule has 1 aromatic heterocycles. The Bertz CT molecular complexity index is 742. The highest BCUT2D eigenvalue weighted by atomic mass is 32.2. The van der Waals surface area contributed by atoms with Gasteiger partial charge in [-0.1, -0.05) is 18.2 Å². The first-order chi connectivity index (χ1) is 10.5. The summed E-state index contributed by atoms with van der Waals surface area (Å²) in [5.74, 6) is 0. The molecular weight excluding hydrogens is 302 g/mol. The Morgan fingerprint density at radius 3 is 2.68 bits per heavy atom. The lowest BCUT2D eigenvalue weighted by atomic mass is 10.2. The zero-order valence-electron chi connectivity index (χ0n) is 12.6. The minimum absolute atomic E-state index is 0.102. The number of ether oxygens (including phenoxy) is 1. The zero-order chi connectivity index (χ0) is 15.7. The summed E-state index contributed by atoms with van der Waals surface area (Å²) < 4.78 is 34.2. The Morgan fingerprint density at radius 2 is 1.95 bits per heavy atom.